The summed E-state index contributed by atoms with van der Waals surface area (Å²) in [5.74, 6) is 0.948. The fraction of sp³-hybridized carbons (Fsp3) is 0.571. The van der Waals surface area contributed by atoms with Crippen molar-refractivity contribution in [3.63, 3.8) is 0 Å². The van der Waals surface area contributed by atoms with E-state index in [9.17, 15) is 0 Å². The molecule has 0 aliphatic carbocycles. The van der Waals surface area contributed by atoms with Gasteiger partial charge in [0, 0.05) is 4.47 Å². The molecule has 0 heterocycles. The van der Waals surface area contributed by atoms with Crippen molar-refractivity contribution in [1.82, 2.24) is 0 Å². The van der Waals surface area contributed by atoms with Gasteiger partial charge in [-0.1, -0.05) is 36.2 Å². The minimum absolute atomic E-state index is 0.156. The molecule has 0 aliphatic heterocycles. The summed E-state index contributed by atoms with van der Waals surface area (Å²) in [6, 6.07) is 6.13. The molecule has 0 aliphatic rings. The second kappa shape index (κ2) is 6.41. The predicted molar refractivity (Wildman–Crippen MR) is 76.5 cm³/mol. The lowest BCUT2D eigenvalue weighted by Gasteiger charge is -2.28. The molecule has 2 N–H and O–H groups in total. The first-order valence-corrected chi connectivity index (χ1v) is 6.86. The minimum atomic E-state index is 0.156. The van der Waals surface area contributed by atoms with Crippen LogP contribution in [0.25, 0.3) is 0 Å². The van der Waals surface area contributed by atoms with E-state index in [1.807, 2.05) is 12.1 Å². The third kappa shape index (κ3) is 4.00. The molecule has 1 aromatic carbocycles. The summed E-state index contributed by atoms with van der Waals surface area (Å²) in [5.41, 5.74) is 7.30. The van der Waals surface area contributed by atoms with Gasteiger partial charge in [-0.15, -0.1) is 0 Å². The van der Waals surface area contributed by atoms with E-state index in [2.05, 4.69) is 35.8 Å². The number of halogens is 1. The van der Waals surface area contributed by atoms with Crippen LogP contribution < -0.4 is 10.5 Å². The average Bonchev–Trinajstić information content (AvgIpc) is 2.29. The van der Waals surface area contributed by atoms with Crippen molar-refractivity contribution in [2.75, 3.05) is 13.7 Å². The van der Waals surface area contributed by atoms with Crippen molar-refractivity contribution < 1.29 is 4.74 Å². The van der Waals surface area contributed by atoms with E-state index in [0.29, 0.717) is 6.54 Å². The van der Waals surface area contributed by atoms with Crippen molar-refractivity contribution in [2.45, 2.75) is 33.1 Å². The number of nitrogens with two attached hydrogens (primary N) is 1. The SMILES string of the molecule is CCCC(C)(CN)Cc1cc(Br)ccc1OC. The van der Waals surface area contributed by atoms with Crippen LogP contribution in [0.2, 0.25) is 0 Å². The zero-order valence-corrected chi connectivity index (χ0v) is 12.5. The third-order valence-corrected chi connectivity index (χ3v) is 3.70. The summed E-state index contributed by atoms with van der Waals surface area (Å²) in [6.45, 7) is 5.15. The Hall–Kier alpha value is -0.540. The lowest BCUT2D eigenvalue weighted by atomic mass is 9.79. The van der Waals surface area contributed by atoms with Crippen LogP contribution in [0.15, 0.2) is 22.7 Å². The van der Waals surface area contributed by atoms with Crippen molar-refractivity contribution >= 4 is 15.9 Å². The normalized spacial score (nSPS) is 14.4. The smallest absolute Gasteiger partial charge is 0.122 e. The monoisotopic (exact) mass is 299 g/mol. The quantitative estimate of drug-likeness (QED) is 0.868. The molecular formula is C14H22BrNO. The maximum absolute atomic E-state index is 5.92. The molecule has 0 saturated carbocycles. The van der Waals surface area contributed by atoms with E-state index in [1.165, 1.54) is 5.56 Å². The summed E-state index contributed by atoms with van der Waals surface area (Å²) in [5, 5.41) is 0. The topological polar surface area (TPSA) is 35.2 Å². The Morgan fingerprint density at radius 1 is 1.41 bits per heavy atom. The average molecular weight is 300 g/mol. The summed E-state index contributed by atoms with van der Waals surface area (Å²) < 4.78 is 6.49. The molecular weight excluding hydrogens is 278 g/mol. The Morgan fingerprint density at radius 3 is 2.65 bits per heavy atom. The molecule has 1 rings (SSSR count). The molecule has 17 heavy (non-hydrogen) atoms. The van der Waals surface area contributed by atoms with Gasteiger partial charge < -0.3 is 10.5 Å². The van der Waals surface area contributed by atoms with Crippen LogP contribution in [-0.2, 0) is 6.42 Å². The molecule has 0 saturated heterocycles. The zero-order valence-electron chi connectivity index (χ0n) is 10.9. The first kappa shape index (κ1) is 14.5. The van der Waals surface area contributed by atoms with Crippen LogP contribution in [0.3, 0.4) is 0 Å². The molecule has 0 aromatic heterocycles. The van der Waals surface area contributed by atoms with Crippen LogP contribution in [0.4, 0.5) is 0 Å². The Kier molecular flexibility index (Phi) is 5.47. The van der Waals surface area contributed by atoms with E-state index < -0.39 is 0 Å². The van der Waals surface area contributed by atoms with Gasteiger partial charge in [0.2, 0.25) is 0 Å². The lowest BCUT2D eigenvalue weighted by Crippen LogP contribution is -2.29. The Bertz CT molecular complexity index is 367. The summed E-state index contributed by atoms with van der Waals surface area (Å²) >= 11 is 3.51. The van der Waals surface area contributed by atoms with Gasteiger partial charge in [-0.05, 0) is 48.6 Å². The molecule has 1 atom stereocenters. The van der Waals surface area contributed by atoms with Crippen molar-refractivity contribution in [2.24, 2.45) is 11.1 Å². The summed E-state index contributed by atoms with van der Waals surface area (Å²) in [4.78, 5) is 0. The van der Waals surface area contributed by atoms with E-state index in [-0.39, 0.29) is 5.41 Å². The maximum Gasteiger partial charge on any atom is 0.122 e. The minimum Gasteiger partial charge on any atom is -0.496 e. The number of benzene rings is 1. The molecule has 0 amide bonds. The van der Waals surface area contributed by atoms with Gasteiger partial charge in [0.05, 0.1) is 7.11 Å². The number of methoxy groups -OCH3 is 1. The highest BCUT2D eigenvalue weighted by Crippen LogP contribution is 2.32. The molecule has 1 unspecified atom stereocenters. The fourth-order valence-electron chi connectivity index (χ4n) is 2.21. The summed E-state index contributed by atoms with van der Waals surface area (Å²) in [6.07, 6.45) is 3.25. The van der Waals surface area contributed by atoms with Crippen molar-refractivity contribution in [1.29, 1.82) is 0 Å². The van der Waals surface area contributed by atoms with Crippen LogP contribution >= 0.6 is 15.9 Å². The maximum atomic E-state index is 5.92. The molecule has 96 valence electrons. The number of hydrogen-bond donors (Lipinski definition) is 1. The van der Waals surface area contributed by atoms with Gasteiger partial charge in [0.25, 0.3) is 0 Å². The molecule has 1 aromatic rings. The molecule has 3 heteroatoms. The Balaban J connectivity index is 2.95. The van der Waals surface area contributed by atoms with Crippen LogP contribution in [0, 0.1) is 5.41 Å². The third-order valence-electron chi connectivity index (χ3n) is 3.21. The van der Waals surface area contributed by atoms with Crippen LogP contribution in [0.5, 0.6) is 5.75 Å². The van der Waals surface area contributed by atoms with Crippen LogP contribution in [0.1, 0.15) is 32.3 Å². The Labute approximate surface area is 113 Å². The van der Waals surface area contributed by atoms with Gasteiger partial charge >= 0.3 is 0 Å². The van der Waals surface area contributed by atoms with Gasteiger partial charge in [-0.2, -0.15) is 0 Å². The highest BCUT2D eigenvalue weighted by Gasteiger charge is 2.23. The van der Waals surface area contributed by atoms with E-state index in [1.54, 1.807) is 7.11 Å². The standard InChI is InChI=1S/C14H22BrNO/c1-4-7-14(2,10-16)9-11-8-12(15)5-6-13(11)17-3/h5-6,8H,4,7,9-10,16H2,1-3H3. The molecule has 0 fully saturated rings. The molecule has 0 radical (unpaired) electrons. The fourth-order valence-corrected chi connectivity index (χ4v) is 2.62. The van der Waals surface area contributed by atoms with E-state index in [4.69, 9.17) is 10.5 Å². The van der Waals surface area contributed by atoms with E-state index in [0.717, 1.165) is 29.5 Å². The van der Waals surface area contributed by atoms with Gasteiger partial charge in [0.15, 0.2) is 0 Å². The highest BCUT2D eigenvalue weighted by molar-refractivity contribution is 9.10. The second-order valence-corrected chi connectivity index (χ2v) is 5.81. The zero-order chi connectivity index (χ0) is 12.9. The molecule has 0 spiro atoms. The first-order valence-electron chi connectivity index (χ1n) is 6.07. The summed E-state index contributed by atoms with van der Waals surface area (Å²) in [7, 11) is 1.71. The lowest BCUT2D eigenvalue weighted by molar-refractivity contribution is 0.296. The molecule has 2 nitrogen and oxygen atoms in total. The second-order valence-electron chi connectivity index (χ2n) is 4.90. The predicted octanol–water partition coefficient (Wildman–Crippen LogP) is 3.77. The highest BCUT2D eigenvalue weighted by atomic mass is 79.9. The van der Waals surface area contributed by atoms with Crippen molar-refractivity contribution in [3.8, 4) is 5.75 Å². The number of ether oxygens (including phenoxy) is 1. The largest absolute Gasteiger partial charge is 0.496 e. The number of hydrogen-bond acceptors (Lipinski definition) is 2. The van der Waals surface area contributed by atoms with E-state index >= 15 is 0 Å². The van der Waals surface area contributed by atoms with Crippen molar-refractivity contribution in [3.05, 3.63) is 28.2 Å². The van der Waals surface area contributed by atoms with Gasteiger partial charge in [0.1, 0.15) is 5.75 Å². The molecule has 0 bridgehead atoms. The van der Waals surface area contributed by atoms with Crippen LogP contribution in [-0.4, -0.2) is 13.7 Å². The first-order chi connectivity index (χ1) is 8.04. The number of rotatable bonds is 6. The Morgan fingerprint density at radius 2 is 2.12 bits per heavy atom. The van der Waals surface area contributed by atoms with Gasteiger partial charge in [-0.3, -0.25) is 0 Å². The van der Waals surface area contributed by atoms with Gasteiger partial charge in [-0.25, -0.2) is 0 Å².